The van der Waals surface area contributed by atoms with E-state index in [0.29, 0.717) is 42.4 Å². The number of hydrogen-bond acceptors (Lipinski definition) is 8. The van der Waals surface area contributed by atoms with Crippen LogP contribution in [-0.2, 0) is 29.4 Å². The molecule has 0 spiro atoms. The zero-order valence-corrected chi connectivity index (χ0v) is 25.0. The standard InChI is InChI=1S/C37H31N3O6/c41-36(45-25-28-15-8-3-9-16-28)29-21-39(22-29)30-17-10-18-31-34(30)46-37(42)40(31)32-19-20-33(43-23-26-11-4-1-5-12-26)38-35(32)44-24-27-13-6-2-7-14-27/h1-20,29H,21-25H2. The average molecular weight is 614 g/mol. The van der Waals surface area contributed by atoms with E-state index in [1.807, 2.05) is 114 Å². The monoisotopic (exact) mass is 613 g/mol. The van der Waals surface area contributed by atoms with Gasteiger partial charge in [-0.3, -0.25) is 4.79 Å². The molecule has 230 valence electrons. The number of carbonyl (C=O) groups excluding carboxylic acids is 1. The summed E-state index contributed by atoms with van der Waals surface area (Å²) in [7, 11) is 0. The SMILES string of the molecule is O=C(OCc1ccccc1)C1CN(c2cccc3c2oc(=O)n3-c2ccc(OCc3ccccc3)nc2OCc2ccccc2)C1. The van der Waals surface area contributed by atoms with E-state index in [-0.39, 0.29) is 31.0 Å². The van der Waals surface area contributed by atoms with Crippen LogP contribution in [0.3, 0.4) is 0 Å². The topological polar surface area (TPSA) is 96.0 Å². The van der Waals surface area contributed by atoms with Crippen molar-refractivity contribution in [2.24, 2.45) is 5.92 Å². The van der Waals surface area contributed by atoms with E-state index in [2.05, 4.69) is 4.98 Å². The molecule has 4 aromatic carbocycles. The number of esters is 1. The van der Waals surface area contributed by atoms with Crippen LogP contribution in [0.1, 0.15) is 16.7 Å². The molecule has 1 aliphatic rings. The fourth-order valence-corrected chi connectivity index (χ4v) is 5.40. The van der Waals surface area contributed by atoms with Gasteiger partial charge in [0, 0.05) is 19.2 Å². The molecule has 1 aliphatic heterocycles. The number of benzene rings is 4. The lowest BCUT2D eigenvalue weighted by Gasteiger charge is -2.39. The summed E-state index contributed by atoms with van der Waals surface area (Å²) in [6.07, 6.45) is 0. The molecule has 3 heterocycles. The highest BCUT2D eigenvalue weighted by atomic mass is 16.5. The van der Waals surface area contributed by atoms with Crippen molar-refractivity contribution >= 4 is 22.8 Å². The number of fused-ring (bicyclic) bond motifs is 1. The Morgan fingerprint density at radius 1 is 0.696 bits per heavy atom. The molecule has 6 aromatic rings. The van der Waals surface area contributed by atoms with Crippen LogP contribution >= 0.6 is 0 Å². The highest BCUT2D eigenvalue weighted by molar-refractivity contribution is 5.90. The van der Waals surface area contributed by atoms with Crippen LogP contribution in [-0.4, -0.2) is 28.6 Å². The number of hydrogen-bond donors (Lipinski definition) is 0. The van der Waals surface area contributed by atoms with Gasteiger partial charge in [-0.25, -0.2) is 9.36 Å². The van der Waals surface area contributed by atoms with Crippen molar-refractivity contribution in [2.45, 2.75) is 19.8 Å². The molecule has 9 nitrogen and oxygen atoms in total. The van der Waals surface area contributed by atoms with Crippen LogP contribution in [0.2, 0.25) is 0 Å². The van der Waals surface area contributed by atoms with Gasteiger partial charge in [-0.2, -0.15) is 4.98 Å². The molecule has 9 heteroatoms. The molecule has 7 rings (SSSR count). The van der Waals surface area contributed by atoms with Crippen LogP contribution < -0.4 is 20.1 Å². The molecule has 0 atom stereocenters. The van der Waals surface area contributed by atoms with Crippen molar-refractivity contribution in [2.75, 3.05) is 18.0 Å². The van der Waals surface area contributed by atoms with Crippen molar-refractivity contribution in [1.29, 1.82) is 0 Å². The highest BCUT2D eigenvalue weighted by Gasteiger charge is 2.36. The predicted molar refractivity (Wildman–Crippen MR) is 173 cm³/mol. The van der Waals surface area contributed by atoms with E-state index in [4.69, 9.17) is 18.6 Å². The van der Waals surface area contributed by atoms with Gasteiger partial charge in [0.2, 0.25) is 11.8 Å². The van der Waals surface area contributed by atoms with E-state index in [9.17, 15) is 9.59 Å². The van der Waals surface area contributed by atoms with Gasteiger partial charge in [-0.05, 0) is 34.9 Å². The molecule has 0 bridgehead atoms. The minimum Gasteiger partial charge on any atom is -0.473 e. The Hall–Kier alpha value is -5.83. The number of aromatic nitrogens is 2. The summed E-state index contributed by atoms with van der Waals surface area (Å²) in [5, 5.41) is 0. The number of ether oxygens (including phenoxy) is 3. The minimum atomic E-state index is -0.578. The van der Waals surface area contributed by atoms with Crippen molar-refractivity contribution < 1.29 is 23.4 Å². The predicted octanol–water partition coefficient (Wildman–Crippen LogP) is 6.32. The lowest BCUT2D eigenvalue weighted by atomic mass is 9.99. The fraction of sp³-hybridized carbons (Fsp3) is 0.162. The highest BCUT2D eigenvalue weighted by Crippen LogP contribution is 2.34. The van der Waals surface area contributed by atoms with Crippen molar-refractivity contribution in [1.82, 2.24) is 9.55 Å². The first-order valence-corrected chi connectivity index (χ1v) is 15.1. The van der Waals surface area contributed by atoms with E-state index >= 15 is 0 Å². The van der Waals surface area contributed by atoms with E-state index in [1.165, 1.54) is 4.57 Å². The number of pyridine rings is 1. The second-order valence-corrected chi connectivity index (χ2v) is 11.0. The van der Waals surface area contributed by atoms with E-state index in [0.717, 1.165) is 22.4 Å². The Morgan fingerprint density at radius 2 is 1.30 bits per heavy atom. The maximum Gasteiger partial charge on any atom is 0.424 e. The van der Waals surface area contributed by atoms with Crippen LogP contribution in [0.4, 0.5) is 5.69 Å². The van der Waals surface area contributed by atoms with Gasteiger partial charge in [-0.15, -0.1) is 0 Å². The molecule has 46 heavy (non-hydrogen) atoms. The number of oxazole rings is 1. The summed E-state index contributed by atoms with van der Waals surface area (Å²) in [4.78, 5) is 32.8. The average Bonchev–Trinajstić information content (AvgIpc) is 3.42. The van der Waals surface area contributed by atoms with Gasteiger partial charge >= 0.3 is 11.7 Å². The maximum atomic E-state index is 13.4. The first-order valence-electron chi connectivity index (χ1n) is 15.1. The number of carbonyl (C=O) groups is 1. The summed E-state index contributed by atoms with van der Waals surface area (Å²) in [6.45, 7) is 1.74. The Balaban J connectivity index is 1.13. The smallest absolute Gasteiger partial charge is 0.424 e. The third-order valence-electron chi connectivity index (χ3n) is 7.87. The molecule has 1 fully saturated rings. The summed E-state index contributed by atoms with van der Waals surface area (Å²) in [5.41, 5.74) is 5.02. The molecule has 0 radical (unpaired) electrons. The number of para-hydroxylation sites is 1. The molecular weight excluding hydrogens is 582 g/mol. The van der Waals surface area contributed by atoms with Crippen molar-refractivity contribution in [3.63, 3.8) is 0 Å². The Morgan fingerprint density at radius 3 is 1.96 bits per heavy atom. The zero-order valence-electron chi connectivity index (χ0n) is 25.0. The minimum absolute atomic E-state index is 0.231. The number of nitrogens with zero attached hydrogens (tertiary/aromatic N) is 3. The molecule has 0 amide bonds. The lowest BCUT2D eigenvalue weighted by Crippen LogP contribution is -2.51. The second kappa shape index (κ2) is 13.0. The first kappa shape index (κ1) is 28.9. The molecule has 1 saturated heterocycles. The quantitative estimate of drug-likeness (QED) is 0.157. The summed E-state index contributed by atoms with van der Waals surface area (Å²) in [5.74, 6) is -0.491. The van der Waals surface area contributed by atoms with Crippen molar-refractivity contribution in [3.8, 4) is 17.4 Å². The zero-order chi connectivity index (χ0) is 31.3. The fourth-order valence-electron chi connectivity index (χ4n) is 5.40. The summed E-state index contributed by atoms with van der Waals surface area (Å²) >= 11 is 0. The Kier molecular flexibility index (Phi) is 8.19. The summed E-state index contributed by atoms with van der Waals surface area (Å²) in [6, 6.07) is 38.1. The number of rotatable bonds is 11. The van der Waals surface area contributed by atoms with Crippen LogP contribution in [0.5, 0.6) is 11.8 Å². The van der Waals surface area contributed by atoms with E-state index in [1.54, 1.807) is 12.1 Å². The van der Waals surface area contributed by atoms with Crippen LogP contribution in [0, 0.1) is 5.92 Å². The van der Waals surface area contributed by atoms with Gasteiger partial charge in [0.1, 0.15) is 25.5 Å². The molecule has 0 aliphatic carbocycles. The largest absolute Gasteiger partial charge is 0.473 e. The van der Waals surface area contributed by atoms with Crippen LogP contribution in [0.25, 0.3) is 16.8 Å². The lowest BCUT2D eigenvalue weighted by molar-refractivity contribution is -0.150. The van der Waals surface area contributed by atoms with Gasteiger partial charge < -0.3 is 23.5 Å². The molecule has 0 saturated carbocycles. The summed E-state index contributed by atoms with van der Waals surface area (Å²) < 4.78 is 25.0. The first-order chi connectivity index (χ1) is 22.6. The third-order valence-corrected chi connectivity index (χ3v) is 7.87. The molecule has 0 unspecified atom stereocenters. The van der Waals surface area contributed by atoms with Crippen LogP contribution in [0.15, 0.2) is 131 Å². The van der Waals surface area contributed by atoms with Gasteiger partial charge in [0.15, 0.2) is 5.58 Å². The second-order valence-electron chi connectivity index (χ2n) is 11.0. The number of anilines is 1. The Labute approximate surface area is 265 Å². The Bertz CT molecular complexity index is 2000. The van der Waals surface area contributed by atoms with Gasteiger partial charge in [0.25, 0.3) is 0 Å². The van der Waals surface area contributed by atoms with Crippen molar-refractivity contribution in [3.05, 3.63) is 149 Å². The van der Waals surface area contributed by atoms with Gasteiger partial charge in [-0.1, -0.05) is 97.1 Å². The normalized spacial score (nSPS) is 12.9. The molecular formula is C37H31N3O6. The molecule has 0 N–H and O–H groups in total. The molecule has 2 aromatic heterocycles. The van der Waals surface area contributed by atoms with Gasteiger partial charge in [0.05, 0.1) is 17.1 Å². The third kappa shape index (κ3) is 6.21. The van der Waals surface area contributed by atoms with E-state index < -0.39 is 5.76 Å². The maximum absolute atomic E-state index is 13.4.